The van der Waals surface area contributed by atoms with Gasteiger partial charge < -0.3 is 40.4 Å². The van der Waals surface area contributed by atoms with Crippen molar-refractivity contribution in [3.63, 3.8) is 0 Å². The molecule has 0 aromatic heterocycles. The van der Waals surface area contributed by atoms with Crippen LogP contribution < -0.4 is 11.2 Å². The normalized spacial score (nSPS) is 12.1. The maximum absolute atomic E-state index is 10.4. The lowest BCUT2D eigenvalue weighted by Gasteiger charge is -2.05. The Morgan fingerprint density at radius 2 is 1.35 bits per heavy atom. The Morgan fingerprint density at radius 3 is 1.61 bits per heavy atom. The second-order valence-corrected chi connectivity index (χ2v) is 6.12. The zero-order valence-electron chi connectivity index (χ0n) is 11.5. The van der Waals surface area contributed by atoms with Crippen molar-refractivity contribution in [2.45, 2.75) is 12.5 Å². The number of rotatable bonds is 3. The summed E-state index contributed by atoms with van der Waals surface area (Å²) < 4.78 is 18.0. The summed E-state index contributed by atoms with van der Waals surface area (Å²) >= 11 is 0. The van der Waals surface area contributed by atoms with Gasteiger partial charge in [0.2, 0.25) is 0 Å². The molecule has 0 aliphatic rings. The second kappa shape index (κ2) is 10.4. The molecule has 0 fully saturated rings. The van der Waals surface area contributed by atoms with E-state index >= 15 is 0 Å². The molecule has 0 aliphatic heterocycles. The summed E-state index contributed by atoms with van der Waals surface area (Å²) in [4.78, 5) is 46.8. The zero-order valence-corrected chi connectivity index (χ0v) is 13.3. The molecule has 134 valence electrons. The summed E-state index contributed by atoms with van der Waals surface area (Å²) in [6.07, 6.45) is 0.273. The first-order valence-corrected chi connectivity index (χ1v) is 8.73. The van der Waals surface area contributed by atoms with Crippen molar-refractivity contribution in [3.05, 3.63) is 29.8 Å². The van der Waals surface area contributed by atoms with Gasteiger partial charge in [-0.05, 0) is 24.1 Å². The monoisotopic (exact) mass is 376 g/mol. The number of phenolic OH excluding ortho intramolecular Hbond substituents is 1. The summed E-state index contributed by atoms with van der Waals surface area (Å²) in [5, 5.41) is 17.5. The molecule has 11 N–H and O–H groups in total. The number of hydrogen-bond acceptors (Lipinski definition) is 5. The van der Waals surface area contributed by atoms with Crippen LogP contribution in [0.25, 0.3) is 0 Å². The number of aliphatic carboxylic acids is 1. The Labute approximate surface area is 130 Å². The van der Waals surface area contributed by atoms with Gasteiger partial charge in [0.25, 0.3) is 0 Å². The van der Waals surface area contributed by atoms with Crippen LogP contribution in [0.4, 0.5) is 0 Å². The summed E-state index contributed by atoms with van der Waals surface area (Å²) in [6, 6.07) is 5.42. The van der Waals surface area contributed by atoms with E-state index in [4.69, 9.17) is 49.5 Å². The average Bonchev–Trinajstić information content (AvgIpc) is 2.27. The van der Waals surface area contributed by atoms with Crippen molar-refractivity contribution in [3.8, 4) is 5.75 Å². The van der Waals surface area contributed by atoms with Crippen LogP contribution in [0.2, 0.25) is 0 Å². The van der Waals surface area contributed by atoms with Gasteiger partial charge in [0.15, 0.2) is 0 Å². The minimum atomic E-state index is -4.64. The molecule has 23 heavy (non-hydrogen) atoms. The molecular weight excluding hydrogens is 358 g/mol. The molecule has 0 amide bonds. The molecule has 0 aliphatic carbocycles. The molecule has 0 saturated heterocycles. The zero-order chi connectivity index (χ0) is 18.8. The third kappa shape index (κ3) is 25.9. The van der Waals surface area contributed by atoms with Crippen LogP contribution in [0.1, 0.15) is 5.56 Å². The lowest BCUT2D eigenvalue weighted by atomic mass is 10.1. The third-order valence-corrected chi connectivity index (χ3v) is 1.71. The van der Waals surface area contributed by atoms with Crippen molar-refractivity contribution >= 4 is 21.5 Å². The molecule has 0 saturated carbocycles. The largest absolute Gasteiger partial charge is 0.508 e. The lowest BCUT2D eigenvalue weighted by Crippen LogP contribution is -2.32. The standard InChI is InChI=1S/C9H11NO3.H4NO3P.H3O4P/c10-8(9(12)13)5-6-1-3-7(11)4-2-6;2*1-5(2,3)4/h1-4,8,11H,5,10H2,(H,12,13);(H4,1,2,3,4);(H3,1,2,3,4). The van der Waals surface area contributed by atoms with Crippen molar-refractivity contribution in [2.24, 2.45) is 11.2 Å². The van der Waals surface area contributed by atoms with Gasteiger partial charge in [-0.1, -0.05) is 12.1 Å². The third-order valence-electron chi connectivity index (χ3n) is 1.71. The number of nitrogens with two attached hydrogens (primary N) is 2. The number of hydrogen-bond donors (Lipinski definition) is 9. The first kappa shape index (κ1) is 23.9. The van der Waals surface area contributed by atoms with Gasteiger partial charge in [0.05, 0.1) is 0 Å². The Hall–Kier alpha value is -1.33. The molecule has 1 unspecified atom stereocenters. The maximum atomic E-state index is 10.4. The number of phosphoric acid groups is 1. The molecule has 1 atom stereocenters. The fraction of sp³-hybridized carbons (Fsp3) is 0.222. The molecular formula is C9H18N2O10P2. The van der Waals surface area contributed by atoms with E-state index in [1.54, 1.807) is 12.1 Å². The van der Waals surface area contributed by atoms with Crippen LogP contribution >= 0.6 is 15.6 Å². The van der Waals surface area contributed by atoms with E-state index in [0.717, 1.165) is 5.56 Å². The van der Waals surface area contributed by atoms with Crippen LogP contribution in [0.5, 0.6) is 5.75 Å². The van der Waals surface area contributed by atoms with E-state index in [2.05, 4.69) is 5.50 Å². The molecule has 12 nitrogen and oxygen atoms in total. The van der Waals surface area contributed by atoms with Crippen molar-refractivity contribution in [1.82, 2.24) is 0 Å². The number of phenols is 1. The highest BCUT2D eigenvalue weighted by atomic mass is 31.2. The number of carbonyl (C=O) groups is 1. The number of carboxylic acid groups (broad SMARTS) is 1. The first-order valence-electron chi connectivity index (χ1n) is 5.48. The maximum Gasteiger partial charge on any atom is 0.466 e. The summed E-state index contributed by atoms with van der Waals surface area (Å²) in [5.41, 5.74) is 10.1. The average molecular weight is 376 g/mol. The van der Waals surface area contributed by atoms with Gasteiger partial charge in [-0.3, -0.25) is 4.79 Å². The Kier molecular flexibility index (Phi) is 10.9. The highest BCUT2D eigenvalue weighted by Crippen LogP contribution is 2.25. The van der Waals surface area contributed by atoms with Crippen LogP contribution in [0, 0.1) is 0 Å². The predicted octanol–water partition coefficient (Wildman–Crippen LogP) is -1.54. The first-order chi connectivity index (χ1) is 10.1. The van der Waals surface area contributed by atoms with E-state index in [1.807, 2.05) is 0 Å². The van der Waals surface area contributed by atoms with Crippen LogP contribution in [-0.4, -0.2) is 46.7 Å². The molecule has 0 heterocycles. The molecule has 0 radical (unpaired) electrons. The summed E-state index contributed by atoms with van der Waals surface area (Å²) in [7, 11) is -8.78. The van der Waals surface area contributed by atoms with Gasteiger partial charge in [-0.2, -0.15) is 0 Å². The van der Waals surface area contributed by atoms with Gasteiger partial charge in [0, 0.05) is 0 Å². The van der Waals surface area contributed by atoms with E-state index < -0.39 is 27.6 Å². The molecule has 1 aromatic rings. The molecule has 1 rings (SSSR count). The SMILES string of the molecule is NC(Cc1ccc(O)cc1)C(=O)O.NP(=O)(O)O.O=P(O)(O)O. The molecule has 1 aromatic carbocycles. The molecule has 0 bridgehead atoms. The van der Waals surface area contributed by atoms with Gasteiger partial charge in [0.1, 0.15) is 11.8 Å². The predicted molar refractivity (Wildman–Crippen MR) is 77.9 cm³/mol. The number of benzene rings is 1. The number of aromatic hydroxyl groups is 1. The highest BCUT2D eigenvalue weighted by Gasteiger charge is 2.11. The van der Waals surface area contributed by atoms with Crippen molar-refractivity contribution in [1.29, 1.82) is 0 Å². The Bertz CT molecular complexity index is 530. The van der Waals surface area contributed by atoms with E-state index in [-0.39, 0.29) is 12.2 Å². The van der Waals surface area contributed by atoms with Crippen molar-refractivity contribution < 1.29 is 48.6 Å². The van der Waals surface area contributed by atoms with Crippen molar-refractivity contribution in [2.75, 3.05) is 0 Å². The Morgan fingerprint density at radius 1 is 1.04 bits per heavy atom. The molecule has 0 spiro atoms. The lowest BCUT2D eigenvalue weighted by molar-refractivity contribution is -0.138. The summed E-state index contributed by atoms with van der Waals surface area (Å²) in [6.45, 7) is 0. The van der Waals surface area contributed by atoms with Gasteiger partial charge >= 0.3 is 21.5 Å². The van der Waals surface area contributed by atoms with E-state index in [9.17, 15) is 4.79 Å². The van der Waals surface area contributed by atoms with Gasteiger partial charge in [-0.15, -0.1) is 0 Å². The molecule has 14 heteroatoms. The van der Waals surface area contributed by atoms with Gasteiger partial charge in [-0.25, -0.2) is 14.6 Å². The van der Waals surface area contributed by atoms with Crippen LogP contribution in [0.15, 0.2) is 24.3 Å². The fourth-order valence-corrected chi connectivity index (χ4v) is 0.973. The fourth-order valence-electron chi connectivity index (χ4n) is 0.973. The second-order valence-electron chi connectivity index (χ2n) is 3.92. The topological polar surface area (TPSA) is 245 Å². The minimum absolute atomic E-state index is 0.160. The number of carboxylic acids is 1. The van der Waals surface area contributed by atoms with Crippen LogP contribution in [-0.2, 0) is 20.3 Å². The summed E-state index contributed by atoms with van der Waals surface area (Å²) in [5.74, 6) is -0.860. The Balaban J connectivity index is 0. The van der Waals surface area contributed by atoms with E-state index in [0.29, 0.717) is 0 Å². The smallest absolute Gasteiger partial charge is 0.466 e. The minimum Gasteiger partial charge on any atom is -0.508 e. The van der Waals surface area contributed by atoms with Crippen LogP contribution in [0.3, 0.4) is 0 Å². The highest BCUT2D eigenvalue weighted by molar-refractivity contribution is 7.49. The quantitative estimate of drug-likeness (QED) is 0.272. The van der Waals surface area contributed by atoms with E-state index in [1.165, 1.54) is 12.1 Å².